The molecule has 0 amide bonds. The third-order valence-electron chi connectivity index (χ3n) is 3.98. The first-order valence-electron chi connectivity index (χ1n) is 7.91. The van der Waals surface area contributed by atoms with E-state index in [1.807, 2.05) is 6.92 Å². The number of benzene rings is 1. The lowest BCUT2D eigenvalue weighted by Gasteiger charge is -2.24. The van der Waals surface area contributed by atoms with Crippen LogP contribution in [-0.4, -0.2) is 6.54 Å². The molecule has 0 heterocycles. The molecule has 1 N–H and O–H groups in total. The highest BCUT2D eigenvalue weighted by atomic mass is 35.5. The molecule has 1 aromatic rings. The molecular weight excluding hydrogens is 292 g/mol. The van der Waals surface area contributed by atoms with E-state index in [0.29, 0.717) is 11.5 Å². The summed E-state index contributed by atoms with van der Waals surface area (Å²) >= 11 is 5.63. The lowest BCUT2D eigenvalue weighted by molar-refractivity contribution is 0.350. The van der Waals surface area contributed by atoms with Crippen LogP contribution in [-0.2, 0) is 0 Å². The second-order valence-electron chi connectivity index (χ2n) is 5.55. The molecule has 0 bridgehead atoms. The third kappa shape index (κ3) is 5.55. The number of unbranched alkanes of at least 4 members (excludes halogenated alkanes) is 1. The maximum atomic E-state index is 14.1. The Balaban J connectivity index is 2.92. The lowest BCUT2D eigenvalue weighted by atomic mass is 9.89. The van der Waals surface area contributed by atoms with Crippen LogP contribution in [0.15, 0.2) is 12.1 Å². The van der Waals surface area contributed by atoms with E-state index in [2.05, 4.69) is 19.2 Å². The molecule has 0 aromatic heterocycles. The monoisotopic (exact) mass is 317 g/mol. The van der Waals surface area contributed by atoms with Gasteiger partial charge in [0.2, 0.25) is 0 Å². The van der Waals surface area contributed by atoms with Gasteiger partial charge in [-0.3, -0.25) is 0 Å². The maximum absolute atomic E-state index is 14.1. The standard InChI is InChI=1S/C17H26ClF2N/c1-4-7-8-12(5-2)9-17(21-6-3)13-10-16(20)14(18)11-15(13)19/h10-12,17,21H,4-9H2,1-3H3. The largest absolute Gasteiger partial charge is 0.310 e. The predicted octanol–water partition coefficient (Wildman–Crippen LogP) is 5.88. The van der Waals surface area contributed by atoms with Crippen molar-refractivity contribution in [1.29, 1.82) is 0 Å². The fourth-order valence-electron chi connectivity index (χ4n) is 2.69. The van der Waals surface area contributed by atoms with Gasteiger partial charge in [-0.05, 0) is 31.0 Å². The van der Waals surface area contributed by atoms with Crippen LogP contribution in [0.25, 0.3) is 0 Å². The highest BCUT2D eigenvalue weighted by molar-refractivity contribution is 6.30. The van der Waals surface area contributed by atoms with E-state index in [-0.39, 0.29) is 11.1 Å². The lowest BCUT2D eigenvalue weighted by Crippen LogP contribution is -2.24. The molecule has 1 aromatic carbocycles. The van der Waals surface area contributed by atoms with E-state index in [1.54, 1.807) is 0 Å². The average molecular weight is 318 g/mol. The van der Waals surface area contributed by atoms with Crippen molar-refractivity contribution in [2.45, 2.75) is 58.9 Å². The molecule has 1 rings (SSSR count). The van der Waals surface area contributed by atoms with Gasteiger partial charge in [0.05, 0.1) is 5.02 Å². The van der Waals surface area contributed by atoms with Crippen LogP contribution in [0.2, 0.25) is 5.02 Å². The summed E-state index contributed by atoms with van der Waals surface area (Å²) in [4.78, 5) is 0. The molecule has 0 aliphatic heterocycles. The zero-order chi connectivity index (χ0) is 15.8. The molecule has 4 heteroatoms. The molecule has 1 nitrogen and oxygen atoms in total. The SMILES string of the molecule is CCCCC(CC)CC(NCC)c1cc(F)c(Cl)cc1F. The minimum absolute atomic E-state index is 0.162. The first-order chi connectivity index (χ1) is 10.0. The van der Waals surface area contributed by atoms with Gasteiger partial charge in [-0.15, -0.1) is 0 Å². The Kier molecular flexibility index (Phi) is 8.20. The van der Waals surface area contributed by atoms with Crippen molar-refractivity contribution in [1.82, 2.24) is 5.32 Å². The molecule has 0 saturated heterocycles. The zero-order valence-electron chi connectivity index (χ0n) is 13.2. The molecule has 120 valence electrons. The highest BCUT2D eigenvalue weighted by Crippen LogP contribution is 2.30. The Morgan fingerprint density at radius 2 is 1.86 bits per heavy atom. The van der Waals surface area contributed by atoms with Gasteiger partial charge >= 0.3 is 0 Å². The van der Waals surface area contributed by atoms with Crippen LogP contribution in [0.5, 0.6) is 0 Å². The van der Waals surface area contributed by atoms with Crippen molar-refractivity contribution >= 4 is 11.6 Å². The summed E-state index contributed by atoms with van der Waals surface area (Å²) in [5.41, 5.74) is 0.383. The third-order valence-corrected chi connectivity index (χ3v) is 4.27. The van der Waals surface area contributed by atoms with Gasteiger partial charge in [0.25, 0.3) is 0 Å². The molecule has 0 radical (unpaired) electrons. The molecule has 0 spiro atoms. The van der Waals surface area contributed by atoms with Crippen LogP contribution < -0.4 is 5.32 Å². The van der Waals surface area contributed by atoms with E-state index in [1.165, 1.54) is 12.5 Å². The van der Waals surface area contributed by atoms with Crippen LogP contribution in [0, 0.1) is 17.6 Å². The number of nitrogens with one attached hydrogen (secondary N) is 1. The fraction of sp³-hybridized carbons (Fsp3) is 0.647. The molecule has 0 saturated carbocycles. The van der Waals surface area contributed by atoms with Crippen LogP contribution in [0.1, 0.15) is 64.5 Å². The minimum atomic E-state index is -0.558. The molecule has 0 aliphatic carbocycles. The highest BCUT2D eigenvalue weighted by Gasteiger charge is 2.21. The van der Waals surface area contributed by atoms with Crippen molar-refractivity contribution in [3.8, 4) is 0 Å². The molecular formula is C17H26ClF2N. The number of hydrogen-bond donors (Lipinski definition) is 1. The van der Waals surface area contributed by atoms with Gasteiger partial charge in [-0.25, -0.2) is 8.78 Å². The van der Waals surface area contributed by atoms with Gasteiger partial charge in [0, 0.05) is 11.6 Å². The number of hydrogen-bond acceptors (Lipinski definition) is 1. The van der Waals surface area contributed by atoms with Gasteiger partial charge < -0.3 is 5.32 Å². The van der Waals surface area contributed by atoms with E-state index >= 15 is 0 Å². The molecule has 0 fully saturated rings. The van der Waals surface area contributed by atoms with Crippen molar-refractivity contribution in [2.24, 2.45) is 5.92 Å². The Bertz CT molecular complexity index is 437. The Hall–Kier alpha value is -0.670. The zero-order valence-corrected chi connectivity index (χ0v) is 13.9. The van der Waals surface area contributed by atoms with Crippen molar-refractivity contribution in [2.75, 3.05) is 6.54 Å². The quantitative estimate of drug-likeness (QED) is 0.561. The number of rotatable bonds is 9. The van der Waals surface area contributed by atoms with Crippen LogP contribution >= 0.6 is 11.6 Å². The first kappa shape index (κ1) is 18.4. The van der Waals surface area contributed by atoms with Gasteiger partial charge in [0.15, 0.2) is 0 Å². The Labute approximate surface area is 132 Å². The maximum Gasteiger partial charge on any atom is 0.142 e. The van der Waals surface area contributed by atoms with Gasteiger partial charge in [0.1, 0.15) is 11.6 Å². The summed E-state index contributed by atoms with van der Waals surface area (Å²) in [5.74, 6) is -0.470. The average Bonchev–Trinajstić information content (AvgIpc) is 2.46. The smallest absolute Gasteiger partial charge is 0.142 e. The number of halogens is 3. The topological polar surface area (TPSA) is 12.0 Å². The van der Waals surface area contributed by atoms with E-state index < -0.39 is 11.6 Å². The molecule has 0 aliphatic rings. The van der Waals surface area contributed by atoms with E-state index in [0.717, 1.165) is 38.3 Å². The Morgan fingerprint density at radius 3 is 2.43 bits per heavy atom. The minimum Gasteiger partial charge on any atom is -0.310 e. The van der Waals surface area contributed by atoms with Crippen molar-refractivity contribution < 1.29 is 8.78 Å². The second-order valence-corrected chi connectivity index (χ2v) is 5.96. The summed E-state index contributed by atoms with van der Waals surface area (Å²) < 4.78 is 27.8. The first-order valence-corrected chi connectivity index (χ1v) is 8.28. The predicted molar refractivity (Wildman–Crippen MR) is 85.7 cm³/mol. The summed E-state index contributed by atoms with van der Waals surface area (Å²) in [5, 5.41) is 3.12. The van der Waals surface area contributed by atoms with Crippen LogP contribution in [0.4, 0.5) is 8.78 Å². The fourth-order valence-corrected chi connectivity index (χ4v) is 2.84. The Morgan fingerprint density at radius 1 is 1.14 bits per heavy atom. The van der Waals surface area contributed by atoms with Crippen LogP contribution in [0.3, 0.4) is 0 Å². The van der Waals surface area contributed by atoms with Crippen molar-refractivity contribution in [3.63, 3.8) is 0 Å². The van der Waals surface area contributed by atoms with E-state index in [9.17, 15) is 8.78 Å². The molecule has 21 heavy (non-hydrogen) atoms. The van der Waals surface area contributed by atoms with Gasteiger partial charge in [-0.2, -0.15) is 0 Å². The van der Waals surface area contributed by atoms with Gasteiger partial charge in [-0.1, -0.05) is 58.1 Å². The summed E-state index contributed by atoms with van der Waals surface area (Å²) in [6, 6.07) is 2.14. The molecule has 2 atom stereocenters. The summed E-state index contributed by atoms with van der Waals surface area (Å²) in [6.07, 6.45) is 5.34. The van der Waals surface area contributed by atoms with Crippen molar-refractivity contribution in [3.05, 3.63) is 34.4 Å². The van der Waals surface area contributed by atoms with E-state index in [4.69, 9.17) is 11.6 Å². The molecule has 2 unspecified atom stereocenters. The summed E-state index contributed by atoms with van der Waals surface area (Å²) in [7, 11) is 0. The second kappa shape index (κ2) is 9.37. The normalized spacial score (nSPS) is 14.2. The summed E-state index contributed by atoms with van der Waals surface area (Å²) in [6.45, 7) is 7.02.